The van der Waals surface area contributed by atoms with E-state index in [-0.39, 0.29) is 47.9 Å². The van der Waals surface area contributed by atoms with Crippen LogP contribution in [0.15, 0.2) is 62.6 Å². The smallest absolute Gasteiger partial charge is 0.164 e. The number of pyridine rings is 1. The summed E-state index contributed by atoms with van der Waals surface area (Å²) >= 11 is 1.78. The first-order chi connectivity index (χ1) is 24.0. The average Bonchev–Trinajstić information content (AvgIpc) is 3.80. The number of rotatable bonds is 10. The molecule has 5 nitrogen and oxygen atoms in total. The summed E-state index contributed by atoms with van der Waals surface area (Å²) in [5.41, 5.74) is 6.43. The molecule has 6 rings (SSSR count). The minimum absolute atomic E-state index is 0. The number of fused-ring (bicyclic) bond motifs is 5. The van der Waals surface area contributed by atoms with Crippen LogP contribution < -0.4 is 0 Å². The van der Waals surface area contributed by atoms with E-state index >= 15 is 0 Å². The van der Waals surface area contributed by atoms with Crippen LogP contribution in [0.2, 0.25) is 0 Å². The van der Waals surface area contributed by atoms with Crippen LogP contribution in [-0.4, -0.2) is 15.9 Å². The van der Waals surface area contributed by atoms with Crippen molar-refractivity contribution in [3.05, 3.63) is 76.7 Å². The number of aryl methyl sites for hydroxylation is 1. The maximum Gasteiger partial charge on any atom is 0.164 e. The van der Waals surface area contributed by atoms with Gasteiger partial charge in [0.1, 0.15) is 28.3 Å². The summed E-state index contributed by atoms with van der Waals surface area (Å²) in [6.45, 7) is 25.5. The minimum Gasteiger partial charge on any atom is -0.512 e. The molecule has 4 heterocycles. The number of carbonyl (C=O) groups is 1. The van der Waals surface area contributed by atoms with E-state index in [1.807, 2.05) is 59.9 Å². The number of benzene rings is 2. The number of allylic oxidation sites excluding steroid dienone is 2. The molecule has 0 aliphatic carbocycles. The Balaban J connectivity index is 0.000000289. The number of thiophene rings is 1. The van der Waals surface area contributed by atoms with Crippen molar-refractivity contribution in [2.24, 2.45) is 16.7 Å². The summed E-state index contributed by atoms with van der Waals surface area (Å²) < 4.78 is 13.9. The quantitative estimate of drug-likeness (QED) is 0.0842. The third kappa shape index (κ3) is 7.98. The standard InChI is InChI=1S/C30H28NO2S.C15H28O2.Ir/c1-16(2)11-24-17(3)20-14-21-26(15-25(20)33-24)32-23-7-9-31-28(27(21)23)19-12-18-8-10-34-29(18)22(13-19)30(4,5)6;1-7-14(5,8-2)12(16)11-13(17)15(6,9-3)10-4;/h7-10,13-16H,11H2,1-6H3;11,16H,7-10H2,1-6H3;/q-1;;/b;12-11-;. The Morgan fingerprint density at radius 2 is 1.54 bits per heavy atom. The van der Waals surface area contributed by atoms with Crippen molar-refractivity contribution in [2.45, 2.75) is 121 Å². The molecule has 0 amide bonds. The molecule has 7 heteroatoms. The van der Waals surface area contributed by atoms with Gasteiger partial charge in [-0.2, -0.15) is 11.3 Å². The van der Waals surface area contributed by atoms with Crippen molar-refractivity contribution in [3.63, 3.8) is 0 Å². The molecule has 6 aromatic rings. The zero-order chi connectivity index (χ0) is 37.5. The van der Waals surface area contributed by atoms with Crippen LogP contribution in [0.4, 0.5) is 0 Å². The van der Waals surface area contributed by atoms with E-state index in [1.54, 1.807) is 11.3 Å². The van der Waals surface area contributed by atoms with E-state index in [2.05, 4.69) is 71.2 Å². The number of hydrogen-bond donors (Lipinski definition) is 1. The van der Waals surface area contributed by atoms with Crippen LogP contribution in [0.5, 0.6) is 0 Å². The fourth-order valence-corrected chi connectivity index (χ4v) is 7.71. The molecule has 281 valence electrons. The van der Waals surface area contributed by atoms with E-state index in [0.29, 0.717) is 5.92 Å². The summed E-state index contributed by atoms with van der Waals surface area (Å²) in [7, 11) is 0. The number of furan rings is 2. The Hall–Kier alpha value is -3.25. The van der Waals surface area contributed by atoms with Crippen molar-refractivity contribution in [3.8, 4) is 11.3 Å². The van der Waals surface area contributed by atoms with Crippen molar-refractivity contribution >= 4 is 60.1 Å². The fraction of sp³-hybridized carbons (Fsp3) is 0.467. The molecule has 0 unspecified atom stereocenters. The first kappa shape index (κ1) is 41.5. The molecule has 52 heavy (non-hydrogen) atoms. The van der Waals surface area contributed by atoms with Crippen LogP contribution in [-0.2, 0) is 36.7 Å². The van der Waals surface area contributed by atoms with E-state index in [4.69, 9.17) is 13.8 Å². The molecular formula is C45H56IrNO4S-. The van der Waals surface area contributed by atoms with Gasteiger partial charge in [-0.25, -0.2) is 0 Å². The summed E-state index contributed by atoms with van der Waals surface area (Å²) in [5, 5.41) is 16.7. The van der Waals surface area contributed by atoms with E-state index < -0.39 is 0 Å². The maximum atomic E-state index is 12.2. The van der Waals surface area contributed by atoms with Gasteiger partial charge >= 0.3 is 0 Å². The van der Waals surface area contributed by atoms with E-state index in [1.165, 1.54) is 21.9 Å². The van der Waals surface area contributed by atoms with Crippen LogP contribution in [0, 0.1) is 29.7 Å². The normalized spacial score (nSPS) is 12.9. The summed E-state index contributed by atoms with van der Waals surface area (Å²) in [6, 6.07) is 14.3. The first-order valence-corrected chi connectivity index (χ1v) is 19.5. The van der Waals surface area contributed by atoms with Crippen LogP contribution >= 0.6 is 11.3 Å². The molecule has 1 N–H and O–H groups in total. The molecule has 0 bridgehead atoms. The van der Waals surface area contributed by atoms with Gasteiger partial charge < -0.3 is 13.9 Å². The Bertz CT molecular complexity index is 2220. The third-order valence-corrected chi connectivity index (χ3v) is 12.2. The number of hydrogen-bond acceptors (Lipinski definition) is 6. The summed E-state index contributed by atoms with van der Waals surface area (Å²) in [5.74, 6) is 1.89. The monoisotopic (exact) mass is 899 g/mol. The van der Waals surface area contributed by atoms with Gasteiger partial charge in [0.05, 0.1) is 0 Å². The molecule has 0 saturated heterocycles. The topological polar surface area (TPSA) is 76.5 Å². The number of nitrogens with zero attached hydrogens (tertiary/aromatic N) is 1. The van der Waals surface area contributed by atoms with Crippen LogP contribution in [0.3, 0.4) is 0 Å². The summed E-state index contributed by atoms with van der Waals surface area (Å²) in [4.78, 5) is 17.0. The number of aliphatic hydroxyl groups is 1. The first-order valence-electron chi connectivity index (χ1n) is 18.6. The predicted molar refractivity (Wildman–Crippen MR) is 216 cm³/mol. The second kappa shape index (κ2) is 16.0. The molecular weight excluding hydrogens is 843 g/mol. The zero-order valence-electron chi connectivity index (χ0n) is 33.1. The predicted octanol–water partition coefficient (Wildman–Crippen LogP) is 13.9. The number of carbonyl (C=O) groups excluding carboxylic acids is 1. The largest absolute Gasteiger partial charge is 0.512 e. The molecule has 0 atom stereocenters. The van der Waals surface area contributed by atoms with Gasteiger partial charge in [-0.3, -0.25) is 9.78 Å². The van der Waals surface area contributed by atoms with Gasteiger partial charge in [0.25, 0.3) is 0 Å². The molecule has 0 fully saturated rings. The van der Waals surface area contributed by atoms with E-state index in [0.717, 1.165) is 87.4 Å². The van der Waals surface area contributed by atoms with Crippen LogP contribution in [0.25, 0.3) is 54.3 Å². The van der Waals surface area contributed by atoms with Crippen molar-refractivity contribution < 1.29 is 38.8 Å². The van der Waals surface area contributed by atoms with Crippen molar-refractivity contribution in [1.29, 1.82) is 0 Å². The Kier molecular flexibility index (Phi) is 12.8. The minimum atomic E-state index is -0.337. The van der Waals surface area contributed by atoms with Crippen molar-refractivity contribution in [2.75, 3.05) is 0 Å². The number of aliphatic hydroxyl groups excluding tert-OH is 1. The maximum absolute atomic E-state index is 12.2. The average molecular weight is 899 g/mol. The Morgan fingerprint density at radius 1 is 0.904 bits per heavy atom. The van der Waals surface area contributed by atoms with Gasteiger partial charge in [-0.05, 0) is 71.7 Å². The molecule has 0 aliphatic rings. The zero-order valence-corrected chi connectivity index (χ0v) is 36.3. The molecule has 2 aromatic carbocycles. The Labute approximate surface area is 327 Å². The molecule has 0 aliphatic heterocycles. The molecule has 4 aromatic heterocycles. The van der Waals surface area contributed by atoms with Gasteiger partial charge in [-0.15, -0.1) is 23.6 Å². The SMILES string of the molecule is CCC(C)(CC)C(=O)/C=C(\O)C(C)(CC)CC.Cc1c(CC(C)C)oc2cc3oc4ccnc(-c5[c-]c6ccsc6c(C(C)(C)C)c5)c4c3cc12.[Ir]. The molecule has 0 saturated carbocycles. The fourth-order valence-electron chi connectivity index (χ4n) is 6.63. The van der Waals surface area contributed by atoms with Gasteiger partial charge in [-0.1, -0.05) is 87.3 Å². The summed E-state index contributed by atoms with van der Waals surface area (Å²) in [6.07, 6.45) is 7.52. The second-order valence-corrected chi connectivity index (χ2v) is 17.1. The van der Waals surface area contributed by atoms with Crippen LogP contribution in [0.1, 0.15) is 119 Å². The van der Waals surface area contributed by atoms with Crippen molar-refractivity contribution in [1.82, 2.24) is 4.98 Å². The molecule has 1 radical (unpaired) electrons. The third-order valence-electron chi connectivity index (χ3n) is 11.3. The number of aromatic nitrogens is 1. The van der Waals surface area contributed by atoms with Gasteiger partial charge in [0.2, 0.25) is 0 Å². The van der Waals surface area contributed by atoms with E-state index in [9.17, 15) is 9.90 Å². The second-order valence-electron chi connectivity index (χ2n) is 16.2. The van der Waals surface area contributed by atoms with Gasteiger partial charge in [0.15, 0.2) is 5.78 Å². The Morgan fingerprint density at radius 3 is 2.13 bits per heavy atom. The van der Waals surface area contributed by atoms with Gasteiger partial charge in [0, 0.05) is 77.5 Å². The number of ketones is 1. The molecule has 0 spiro atoms.